The molecule has 0 atom stereocenters. The van der Waals surface area contributed by atoms with Crippen LogP contribution in [0, 0.1) is 0 Å². The first-order chi connectivity index (χ1) is 7.56. The van der Waals surface area contributed by atoms with Crippen LogP contribution in [-0.4, -0.2) is 44.8 Å². The third-order valence-electron chi connectivity index (χ3n) is 2.30. The lowest BCUT2D eigenvalue weighted by Crippen LogP contribution is -2.34. The highest BCUT2D eigenvalue weighted by molar-refractivity contribution is 5.92. The summed E-state index contributed by atoms with van der Waals surface area (Å²) in [4.78, 5) is 23.9. The summed E-state index contributed by atoms with van der Waals surface area (Å²) >= 11 is 0. The second kappa shape index (κ2) is 5.29. The molecule has 1 aromatic rings. The van der Waals surface area contributed by atoms with Crippen molar-refractivity contribution in [2.24, 2.45) is 7.05 Å². The first-order valence-corrected chi connectivity index (χ1v) is 5.05. The van der Waals surface area contributed by atoms with Crippen LogP contribution in [0.4, 0.5) is 0 Å². The van der Waals surface area contributed by atoms with Crippen LogP contribution in [0.3, 0.4) is 0 Å². The van der Waals surface area contributed by atoms with E-state index in [0.29, 0.717) is 12.2 Å². The number of hydrogen-bond donors (Lipinski definition) is 1. The third-order valence-corrected chi connectivity index (χ3v) is 2.30. The molecule has 0 radical (unpaired) electrons. The van der Waals surface area contributed by atoms with Crippen molar-refractivity contribution < 1.29 is 14.7 Å². The Labute approximate surface area is 93.5 Å². The SMILES string of the molecule is CCN(CCC(=O)O)C(=O)c1ccnn1C. The predicted octanol–water partition coefficient (Wildman–Crippen LogP) is 0.357. The van der Waals surface area contributed by atoms with E-state index in [1.54, 1.807) is 13.1 Å². The molecule has 1 amide bonds. The van der Waals surface area contributed by atoms with Gasteiger partial charge in [0, 0.05) is 26.3 Å². The van der Waals surface area contributed by atoms with Crippen molar-refractivity contribution in [3.63, 3.8) is 0 Å². The second-order valence-corrected chi connectivity index (χ2v) is 3.37. The van der Waals surface area contributed by atoms with Crippen LogP contribution in [0.25, 0.3) is 0 Å². The molecule has 0 aliphatic heterocycles. The molecule has 1 rings (SSSR count). The summed E-state index contributed by atoms with van der Waals surface area (Å²) < 4.78 is 1.48. The van der Waals surface area contributed by atoms with Gasteiger partial charge in [0.15, 0.2) is 0 Å². The van der Waals surface area contributed by atoms with E-state index in [1.807, 2.05) is 6.92 Å². The molecule has 1 aromatic heterocycles. The molecular weight excluding hydrogens is 210 g/mol. The topological polar surface area (TPSA) is 75.4 Å². The van der Waals surface area contributed by atoms with E-state index in [2.05, 4.69) is 5.10 Å². The summed E-state index contributed by atoms with van der Waals surface area (Å²) in [6.45, 7) is 2.52. The van der Waals surface area contributed by atoms with Gasteiger partial charge >= 0.3 is 5.97 Å². The Morgan fingerprint density at radius 2 is 2.25 bits per heavy atom. The molecule has 0 bridgehead atoms. The number of carbonyl (C=O) groups excluding carboxylic acids is 1. The number of nitrogens with zero attached hydrogens (tertiary/aromatic N) is 3. The summed E-state index contributed by atoms with van der Waals surface area (Å²) in [5.74, 6) is -1.10. The summed E-state index contributed by atoms with van der Waals surface area (Å²) in [5.41, 5.74) is 0.465. The number of carbonyl (C=O) groups is 2. The van der Waals surface area contributed by atoms with Gasteiger partial charge in [-0.3, -0.25) is 14.3 Å². The Balaban J connectivity index is 2.70. The molecule has 0 aliphatic rings. The van der Waals surface area contributed by atoms with Crippen LogP contribution >= 0.6 is 0 Å². The molecule has 1 heterocycles. The van der Waals surface area contributed by atoms with Gasteiger partial charge < -0.3 is 10.0 Å². The van der Waals surface area contributed by atoms with Crippen molar-refractivity contribution >= 4 is 11.9 Å². The molecule has 0 spiro atoms. The lowest BCUT2D eigenvalue weighted by Gasteiger charge is -2.19. The number of rotatable bonds is 5. The Morgan fingerprint density at radius 3 is 2.69 bits per heavy atom. The van der Waals surface area contributed by atoms with Crippen molar-refractivity contribution in [2.75, 3.05) is 13.1 Å². The minimum atomic E-state index is -0.906. The molecule has 88 valence electrons. The van der Waals surface area contributed by atoms with E-state index < -0.39 is 5.97 Å². The average Bonchev–Trinajstić information content (AvgIpc) is 2.64. The van der Waals surface area contributed by atoms with Gasteiger partial charge in [-0.1, -0.05) is 0 Å². The van der Waals surface area contributed by atoms with Crippen molar-refractivity contribution in [1.29, 1.82) is 0 Å². The van der Waals surface area contributed by atoms with E-state index in [-0.39, 0.29) is 18.9 Å². The van der Waals surface area contributed by atoms with Crippen LogP contribution in [0.15, 0.2) is 12.3 Å². The van der Waals surface area contributed by atoms with Gasteiger partial charge in [-0.25, -0.2) is 0 Å². The highest BCUT2D eigenvalue weighted by Crippen LogP contribution is 2.04. The summed E-state index contributed by atoms with van der Waals surface area (Å²) in [7, 11) is 1.68. The maximum absolute atomic E-state index is 11.9. The number of carboxylic acid groups (broad SMARTS) is 1. The number of amides is 1. The Kier molecular flexibility index (Phi) is 4.04. The van der Waals surface area contributed by atoms with Crippen LogP contribution in [-0.2, 0) is 11.8 Å². The molecule has 0 saturated heterocycles. The van der Waals surface area contributed by atoms with Gasteiger partial charge in [-0.05, 0) is 13.0 Å². The molecule has 6 heteroatoms. The highest BCUT2D eigenvalue weighted by atomic mass is 16.4. The number of aliphatic carboxylic acids is 1. The molecule has 0 aromatic carbocycles. The Bertz CT molecular complexity index is 386. The molecular formula is C10H15N3O3. The Morgan fingerprint density at radius 1 is 1.56 bits per heavy atom. The fourth-order valence-electron chi connectivity index (χ4n) is 1.38. The van der Waals surface area contributed by atoms with Gasteiger partial charge in [0.25, 0.3) is 5.91 Å². The zero-order chi connectivity index (χ0) is 12.1. The minimum absolute atomic E-state index is 0.0442. The zero-order valence-corrected chi connectivity index (χ0v) is 9.38. The maximum Gasteiger partial charge on any atom is 0.305 e. The second-order valence-electron chi connectivity index (χ2n) is 3.37. The normalized spacial score (nSPS) is 10.1. The molecule has 0 saturated carbocycles. The van der Waals surface area contributed by atoms with Gasteiger partial charge in [0.1, 0.15) is 5.69 Å². The van der Waals surface area contributed by atoms with E-state index >= 15 is 0 Å². The molecule has 0 fully saturated rings. The fourth-order valence-corrected chi connectivity index (χ4v) is 1.38. The summed E-state index contributed by atoms with van der Waals surface area (Å²) in [6, 6.07) is 1.62. The van der Waals surface area contributed by atoms with E-state index in [9.17, 15) is 9.59 Å². The van der Waals surface area contributed by atoms with Gasteiger partial charge in [0.05, 0.1) is 6.42 Å². The number of hydrogen-bond acceptors (Lipinski definition) is 3. The van der Waals surface area contributed by atoms with Gasteiger partial charge in [0.2, 0.25) is 0 Å². The number of aromatic nitrogens is 2. The van der Waals surface area contributed by atoms with Crippen molar-refractivity contribution in [1.82, 2.24) is 14.7 Å². The predicted molar refractivity (Wildman–Crippen MR) is 57.0 cm³/mol. The van der Waals surface area contributed by atoms with Gasteiger partial charge in [-0.2, -0.15) is 5.10 Å². The van der Waals surface area contributed by atoms with Crippen molar-refractivity contribution in [3.05, 3.63) is 18.0 Å². The maximum atomic E-state index is 11.9. The molecule has 0 unspecified atom stereocenters. The summed E-state index contributed by atoms with van der Waals surface area (Å²) in [6.07, 6.45) is 1.50. The molecule has 6 nitrogen and oxygen atoms in total. The van der Waals surface area contributed by atoms with Crippen LogP contribution in [0.5, 0.6) is 0 Å². The number of carboxylic acids is 1. The van der Waals surface area contributed by atoms with Crippen molar-refractivity contribution in [3.8, 4) is 0 Å². The largest absolute Gasteiger partial charge is 0.481 e. The minimum Gasteiger partial charge on any atom is -0.481 e. The first kappa shape index (κ1) is 12.2. The zero-order valence-electron chi connectivity index (χ0n) is 9.38. The smallest absolute Gasteiger partial charge is 0.305 e. The monoisotopic (exact) mass is 225 g/mol. The molecule has 0 aliphatic carbocycles. The van der Waals surface area contributed by atoms with Crippen LogP contribution in [0.2, 0.25) is 0 Å². The quantitative estimate of drug-likeness (QED) is 0.784. The first-order valence-electron chi connectivity index (χ1n) is 5.05. The summed E-state index contributed by atoms with van der Waals surface area (Å²) in [5, 5.41) is 12.5. The Hall–Kier alpha value is -1.85. The van der Waals surface area contributed by atoms with E-state index in [4.69, 9.17) is 5.11 Å². The van der Waals surface area contributed by atoms with Crippen molar-refractivity contribution in [2.45, 2.75) is 13.3 Å². The molecule has 1 N–H and O–H groups in total. The van der Waals surface area contributed by atoms with Crippen LogP contribution in [0.1, 0.15) is 23.8 Å². The van der Waals surface area contributed by atoms with Crippen LogP contribution < -0.4 is 0 Å². The van der Waals surface area contributed by atoms with Gasteiger partial charge in [-0.15, -0.1) is 0 Å². The third kappa shape index (κ3) is 2.82. The lowest BCUT2D eigenvalue weighted by molar-refractivity contribution is -0.137. The highest BCUT2D eigenvalue weighted by Gasteiger charge is 2.17. The average molecular weight is 225 g/mol. The lowest BCUT2D eigenvalue weighted by atomic mass is 10.3. The molecule has 16 heavy (non-hydrogen) atoms. The van der Waals surface area contributed by atoms with E-state index in [0.717, 1.165) is 0 Å². The fraction of sp³-hybridized carbons (Fsp3) is 0.500. The van der Waals surface area contributed by atoms with E-state index in [1.165, 1.54) is 15.8 Å². The standard InChI is InChI=1S/C10H15N3O3/c1-3-13(7-5-9(14)15)10(16)8-4-6-11-12(8)2/h4,6H,3,5,7H2,1-2H3,(H,14,15). The number of aryl methyl sites for hydroxylation is 1.